The van der Waals surface area contributed by atoms with Gasteiger partial charge in [-0.3, -0.25) is 4.79 Å². The first kappa shape index (κ1) is 14.4. The molecule has 118 valence electrons. The number of hydrazone groups is 1. The van der Waals surface area contributed by atoms with Gasteiger partial charge in [0.15, 0.2) is 0 Å². The Labute approximate surface area is 136 Å². The third-order valence-corrected chi connectivity index (χ3v) is 5.46. The van der Waals surface area contributed by atoms with E-state index in [4.69, 9.17) is 0 Å². The molecule has 1 amide bonds. The molecule has 0 spiro atoms. The van der Waals surface area contributed by atoms with Crippen molar-refractivity contribution in [2.75, 3.05) is 0 Å². The van der Waals surface area contributed by atoms with Gasteiger partial charge in [0.2, 0.25) is 5.91 Å². The molecule has 0 bridgehead atoms. The van der Waals surface area contributed by atoms with Gasteiger partial charge in [-0.15, -0.1) is 0 Å². The van der Waals surface area contributed by atoms with Crippen molar-refractivity contribution in [3.05, 3.63) is 48.0 Å². The highest BCUT2D eigenvalue weighted by Crippen LogP contribution is 2.55. The zero-order valence-electron chi connectivity index (χ0n) is 13.5. The summed E-state index contributed by atoms with van der Waals surface area (Å²) in [6, 6.07) is 14.6. The molecule has 0 saturated heterocycles. The zero-order valence-corrected chi connectivity index (χ0v) is 13.5. The van der Waals surface area contributed by atoms with E-state index in [1.54, 1.807) is 0 Å². The molecule has 3 nitrogen and oxygen atoms in total. The van der Waals surface area contributed by atoms with Gasteiger partial charge in [0.05, 0.1) is 5.71 Å². The summed E-state index contributed by atoms with van der Waals surface area (Å²) in [4.78, 5) is 12.3. The number of nitrogens with zero attached hydrogens (tertiary/aromatic N) is 1. The first-order valence-electron chi connectivity index (χ1n) is 8.57. The van der Waals surface area contributed by atoms with Crippen LogP contribution in [0.2, 0.25) is 0 Å². The summed E-state index contributed by atoms with van der Waals surface area (Å²) in [6.07, 6.45) is 5.00. The standard InChI is InChI=1S/C20H22N2O/c1-13(15-11-10-14-6-2-3-7-16(14)12-15)21-22-20(23)19-17-8-4-5-9-18(17)19/h2-3,6-7,10-12,17-19H,4-5,8-9H2,1H3,(H,22,23)/b21-13-/t17-,18-/m1/s1. The average molecular weight is 306 g/mol. The molecule has 2 fully saturated rings. The van der Waals surface area contributed by atoms with Crippen LogP contribution in [0, 0.1) is 17.8 Å². The van der Waals surface area contributed by atoms with E-state index < -0.39 is 0 Å². The van der Waals surface area contributed by atoms with E-state index in [2.05, 4.69) is 40.9 Å². The molecule has 2 aromatic rings. The Balaban J connectivity index is 1.46. The van der Waals surface area contributed by atoms with Crippen molar-refractivity contribution >= 4 is 22.4 Å². The molecule has 0 aliphatic heterocycles. The summed E-state index contributed by atoms with van der Waals surface area (Å²) >= 11 is 0. The van der Waals surface area contributed by atoms with Crippen LogP contribution in [-0.2, 0) is 4.79 Å². The van der Waals surface area contributed by atoms with Crippen LogP contribution in [0.3, 0.4) is 0 Å². The SMILES string of the molecule is C/C(=N/NC(=O)C1[C@@H]2CCCC[C@@H]12)c1ccc2ccccc2c1. The van der Waals surface area contributed by atoms with Crippen molar-refractivity contribution in [1.29, 1.82) is 0 Å². The van der Waals surface area contributed by atoms with Crippen LogP contribution in [0.5, 0.6) is 0 Å². The normalized spacial score (nSPS) is 26.7. The largest absolute Gasteiger partial charge is 0.273 e. The Morgan fingerprint density at radius 3 is 2.48 bits per heavy atom. The lowest BCUT2D eigenvalue weighted by molar-refractivity contribution is -0.122. The van der Waals surface area contributed by atoms with Crippen molar-refractivity contribution in [3.8, 4) is 0 Å². The number of carbonyl (C=O) groups is 1. The van der Waals surface area contributed by atoms with Crippen LogP contribution in [0.1, 0.15) is 38.2 Å². The van der Waals surface area contributed by atoms with Crippen molar-refractivity contribution in [1.82, 2.24) is 5.43 Å². The lowest BCUT2D eigenvalue weighted by atomic mass is 10.0. The van der Waals surface area contributed by atoms with E-state index in [-0.39, 0.29) is 11.8 Å². The molecular weight excluding hydrogens is 284 g/mol. The van der Waals surface area contributed by atoms with E-state index in [0.717, 1.165) is 11.3 Å². The number of hydrogen-bond donors (Lipinski definition) is 1. The number of carbonyl (C=O) groups excluding carboxylic acids is 1. The molecule has 2 saturated carbocycles. The van der Waals surface area contributed by atoms with E-state index >= 15 is 0 Å². The molecule has 2 aromatic carbocycles. The second-order valence-corrected chi connectivity index (χ2v) is 6.87. The molecule has 2 aliphatic carbocycles. The molecule has 1 N–H and O–H groups in total. The van der Waals surface area contributed by atoms with Crippen LogP contribution in [0.25, 0.3) is 10.8 Å². The summed E-state index contributed by atoms with van der Waals surface area (Å²) in [6.45, 7) is 1.95. The van der Waals surface area contributed by atoms with Crippen LogP contribution < -0.4 is 5.43 Å². The van der Waals surface area contributed by atoms with Crippen molar-refractivity contribution in [3.63, 3.8) is 0 Å². The summed E-state index contributed by atoms with van der Waals surface area (Å²) < 4.78 is 0. The number of amides is 1. The monoisotopic (exact) mass is 306 g/mol. The molecular formula is C20H22N2O. The van der Waals surface area contributed by atoms with Crippen LogP contribution >= 0.6 is 0 Å². The Morgan fingerprint density at radius 1 is 1.04 bits per heavy atom. The average Bonchev–Trinajstić information content (AvgIpc) is 3.33. The maximum Gasteiger partial charge on any atom is 0.243 e. The Bertz CT molecular complexity index is 768. The first-order valence-corrected chi connectivity index (χ1v) is 8.57. The van der Waals surface area contributed by atoms with Gasteiger partial charge in [0, 0.05) is 5.92 Å². The van der Waals surface area contributed by atoms with Gasteiger partial charge in [-0.05, 0) is 54.0 Å². The van der Waals surface area contributed by atoms with Crippen LogP contribution in [0.4, 0.5) is 0 Å². The fourth-order valence-electron chi connectivity index (χ4n) is 4.07. The predicted molar refractivity (Wildman–Crippen MR) is 93.2 cm³/mol. The molecule has 0 radical (unpaired) electrons. The molecule has 0 aromatic heterocycles. The van der Waals surface area contributed by atoms with Gasteiger partial charge < -0.3 is 0 Å². The minimum absolute atomic E-state index is 0.113. The van der Waals surface area contributed by atoms with Crippen molar-refractivity contribution in [2.24, 2.45) is 22.9 Å². The summed E-state index contributed by atoms with van der Waals surface area (Å²) in [5.74, 6) is 1.58. The summed E-state index contributed by atoms with van der Waals surface area (Å²) in [5, 5.41) is 6.75. The lowest BCUT2D eigenvalue weighted by Gasteiger charge is -2.04. The summed E-state index contributed by atoms with van der Waals surface area (Å²) in [5.41, 5.74) is 4.70. The number of rotatable bonds is 3. The van der Waals surface area contributed by atoms with Gasteiger partial charge >= 0.3 is 0 Å². The maximum absolute atomic E-state index is 12.3. The number of fused-ring (bicyclic) bond motifs is 2. The number of hydrogen-bond acceptors (Lipinski definition) is 2. The van der Waals surface area contributed by atoms with Crippen LogP contribution in [0.15, 0.2) is 47.6 Å². The maximum atomic E-state index is 12.3. The minimum Gasteiger partial charge on any atom is -0.273 e. The Hall–Kier alpha value is -2.16. The summed E-state index contributed by atoms with van der Waals surface area (Å²) in [7, 11) is 0. The van der Waals surface area contributed by atoms with Gasteiger partial charge in [-0.25, -0.2) is 5.43 Å². The smallest absolute Gasteiger partial charge is 0.243 e. The molecule has 0 heterocycles. The highest BCUT2D eigenvalue weighted by molar-refractivity contribution is 6.02. The van der Waals surface area contributed by atoms with Crippen molar-refractivity contribution in [2.45, 2.75) is 32.6 Å². The Kier molecular flexibility index (Phi) is 3.64. The number of benzene rings is 2. The molecule has 0 unspecified atom stereocenters. The fourth-order valence-corrected chi connectivity index (χ4v) is 4.07. The predicted octanol–water partition coefficient (Wildman–Crippen LogP) is 4.12. The van der Waals surface area contributed by atoms with Gasteiger partial charge in [-0.2, -0.15) is 5.10 Å². The van der Waals surface area contributed by atoms with E-state index in [1.165, 1.54) is 36.5 Å². The third kappa shape index (κ3) is 2.76. The van der Waals surface area contributed by atoms with Gasteiger partial charge in [-0.1, -0.05) is 49.2 Å². The molecule has 23 heavy (non-hydrogen) atoms. The highest BCUT2D eigenvalue weighted by atomic mass is 16.2. The molecule has 4 rings (SSSR count). The van der Waals surface area contributed by atoms with Gasteiger partial charge in [0.1, 0.15) is 0 Å². The third-order valence-electron chi connectivity index (χ3n) is 5.46. The molecule has 2 aliphatic rings. The zero-order chi connectivity index (χ0) is 15.8. The Morgan fingerprint density at radius 2 is 1.74 bits per heavy atom. The van der Waals surface area contributed by atoms with E-state index in [0.29, 0.717) is 11.8 Å². The van der Waals surface area contributed by atoms with Crippen LogP contribution in [-0.4, -0.2) is 11.6 Å². The fraction of sp³-hybridized carbons (Fsp3) is 0.400. The quantitative estimate of drug-likeness (QED) is 0.672. The second-order valence-electron chi connectivity index (χ2n) is 6.87. The van der Waals surface area contributed by atoms with Gasteiger partial charge in [0.25, 0.3) is 0 Å². The number of nitrogens with one attached hydrogen (secondary N) is 1. The van der Waals surface area contributed by atoms with E-state index in [9.17, 15) is 4.79 Å². The minimum atomic E-state index is 0.113. The molecule has 3 heteroatoms. The molecule has 2 atom stereocenters. The highest BCUT2D eigenvalue weighted by Gasteiger charge is 2.54. The first-order chi connectivity index (χ1) is 11.2. The second kappa shape index (κ2) is 5.80. The van der Waals surface area contributed by atoms with Crippen molar-refractivity contribution < 1.29 is 4.79 Å². The van der Waals surface area contributed by atoms with E-state index in [1.807, 2.05) is 19.1 Å². The topological polar surface area (TPSA) is 41.5 Å². The lowest BCUT2D eigenvalue weighted by Crippen LogP contribution is -2.22.